The van der Waals surface area contributed by atoms with Crippen molar-refractivity contribution in [3.8, 4) is 0 Å². The molecular formula is C12H12N6S. The van der Waals surface area contributed by atoms with E-state index in [0.29, 0.717) is 11.7 Å². The standard InChI is InChI=1S/C12H12N6S/c1-2-9(8-4-5-19-10(8)3-1)14-11-6-13-7-12-15-16-17-18(11)12/h4-7,9,14H,1-3H2. The van der Waals surface area contributed by atoms with Crippen LogP contribution in [-0.4, -0.2) is 25.0 Å². The van der Waals surface area contributed by atoms with E-state index < -0.39 is 0 Å². The molecular weight excluding hydrogens is 260 g/mol. The summed E-state index contributed by atoms with van der Waals surface area (Å²) in [5.41, 5.74) is 2.06. The van der Waals surface area contributed by atoms with Crippen LogP contribution in [0.5, 0.6) is 0 Å². The van der Waals surface area contributed by atoms with Gasteiger partial charge in [-0.25, -0.2) is 0 Å². The van der Waals surface area contributed by atoms with E-state index in [1.54, 1.807) is 16.9 Å². The second-order valence-corrected chi connectivity index (χ2v) is 5.63. The molecule has 1 atom stereocenters. The van der Waals surface area contributed by atoms with E-state index in [-0.39, 0.29) is 0 Å². The SMILES string of the molecule is c1cc2c(s1)CCCC2Nc1cncc2nnnn12. The van der Waals surface area contributed by atoms with Crippen molar-refractivity contribution in [2.45, 2.75) is 25.3 Å². The van der Waals surface area contributed by atoms with Gasteiger partial charge >= 0.3 is 0 Å². The molecule has 0 amide bonds. The number of nitrogens with one attached hydrogen (secondary N) is 1. The van der Waals surface area contributed by atoms with Gasteiger partial charge in [0.2, 0.25) is 0 Å². The molecule has 96 valence electrons. The molecule has 1 N–H and O–H groups in total. The van der Waals surface area contributed by atoms with Crippen LogP contribution in [0.3, 0.4) is 0 Å². The molecule has 0 saturated heterocycles. The van der Waals surface area contributed by atoms with Crippen molar-refractivity contribution in [2.75, 3.05) is 5.32 Å². The van der Waals surface area contributed by atoms with Crippen LogP contribution in [0.15, 0.2) is 23.8 Å². The maximum atomic E-state index is 4.17. The summed E-state index contributed by atoms with van der Waals surface area (Å²) in [6.45, 7) is 0. The molecule has 1 aliphatic rings. The van der Waals surface area contributed by atoms with E-state index in [9.17, 15) is 0 Å². The lowest BCUT2D eigenvalue weighted by atomic mass is 9.94. The fraction of sp³-hybridized carbons (Fsp3) is 0.333. The summed E-state index contributed by atoms with van der Waals surface area (Å²) in [4.78, 5) is 5.66. The van der Waals surface area contributed by atoms with Crippen molar-refractivity contribution in [3.63, 3.8) is 0 Å². The predicted molar refractivity (Wildman–Crippen MR) is 72.2 cm³/mol. The summed E-state index contributed by atoms with van der Waals surface area (Å²) in [7, 11) is 0. The highest BCUT2D eigenvalue weighted by atomic mass is 32.1. The highest BCUT2D eigenvalue weighted by Gasteiger charge is 2.21. The summed E-state index contributed by atoms with van der Waals surface area (Å²) in [5, 5.41) is 17.3. The number of hydrogen-bond donors (Lipinski definition) is 1. The number of anilines is 1. The number of fused-ring (bicyclic) bond motifs is 2. The average Bonchev–Trinajstić information content (AvgIpc) is 3.08. The largest absolute Gasteiger partial charge is 0.362 e. The summed E-state index contributed by atoms with van der Waals surface area (Å²) in [5.74, 6) is 0.839. The molecule has 1 aliphatic carbocycles. The molecule has 0 spiro atoms. The molecule has 3 heterocycles. The molecule has 3 aromatic heterocycles. The molecule has 0 radical (unpaired) electrons. The van der Waals surface area contributed by atoms with Crippen LogP contribution in [0.25, 0.3) is 5.65 Å². The van der Waals surface area contributed by atoms with Gasteiger partial charge in [-0.2, -0.15) is 4.52 Å². The van der Waals surface area contributed by atoms with Gasteiger partial charge in [0, 0.05) is 4.88 Å². The zero-order chi connectivity index (χ0) is 12.7. The number of nitrogens with zero attached hydrogens (tertiary/aromatic N) is 5. The second-order valence-electron chi connectivity index (χ2n) is 4.63. The normalized spacial score (nSPS) is 18.4. The first-order valence-electron chi connectivity index (χ1n) is 6.27. The second kappa shape index (κ2) is 4.27. The maximum absolute atomic E-state index is 4.17. The van der Waals surface area contributed by atoms with E-state index in [1.165, 1.54) is 23.3 Å². The third-order valence-electron chi connectivity index (χ3n) is 3.48. The van der Waals surface area contributed by atoms with Crippen molar-refractivity contribution in [3.05, 3.63) is 34.3 Å². The number of aromatic nitrogens is 5. The van der Waals surface area contributed by atoms with Crippen molar-refractivity contribution in [1.29, 1.82) is 0 Å². The summed E-state index contributed by atoms with van der Waals surface area (Å²) < 4.78 is 1.69. The Bertz CT molecular complexity index is 718. The minimum Gasteiger partial charge on any atom is -0.362 e. The zero-order valence-electron chi connectivity index (χ0n) is 10.2. The van der Waals surface area contributed by atoms with Gasteiger partial charge in [0.15, 0.2) is 11.5 Å². The van der Waals surface area contributed by atoms with E-state index in [1.807, 2.05) is 11.3 Å². The summed E-state index contributed by atoms with van der Waals surface area (Å²) in [6, 6.07) is 2.54. The van der Waals surface area contributed by atoms with Crippen LogP contribution < -0.4 is 5.32 Å². The monoisotopic (exact) mass is 272 g/mol. The van der Waals surface area contributed by atoms with Gasteiger partial charge in [-0.1, -0.05) is 0 Å². The Morgan fingerprint density at radius 1 is 1.37 bits per heavy atom. The lowest BCUT2D eigenvalue weighted by molar-refractivity contribution is 0.603. The highest BCUT2D eigenvalue weighted by Crippen LogP contribution is 2.35. The highest BCUT2D eigenvalue weighted by molar-refractivity contribution is 7.10. The molecule has 0 aliphatic heterocycles. The van der Waals surface area contributed by atoms with Crippen LogP contribution in [0.2, 0.25) is 0 Å². The third-order valence-corrected chi connectivity index (χ3v) is 4.48. The van der Waals surface area contributed by atoms with Crippen LogP contribution >= 0.6 is 11.3 Å². The van der Waals surface area contributed by atoms with Crippen molar-refractivity contribution in [2.24, 2.45) is 0 Å². The van der Waals surface area contributed by atoms with Gasteiger partial charge in [0.05, 0.1) is 18.4 Å². The van der Waals surface area contributed by atoms with Crippen molar-refractivity contribution in [1.82, 2.24) is 25.0 Å². The quantitative estimate of drug-likeness (QED) is 0.773. The number of tetrazole rings is 1. The fourth-order valence-corrected chi connectivity index (χ4v) is 3.58. The van der Waals surface area contributed by atoms with Crippen molar-refractivity contribution >= 4 is 22.8 Å². The van der Waals surface area contributed by atoms with Crippen LogP contribution in [0.4, 0.5) is 5.82 Å². The number of hydrogen-bond acceptors (Lipinski definition) is 6. The summed E-state index contributed by atoms with van der Waals surface area (Å²) >= 11 is 1.84. The Morgan fingerprint density at radius 2 is 2.37 bits per heavy atom. The Kier molecular flexibility index (Phi) is 2.44. The van der Waals surface area contributed by atoms with E-state index in [0.717, 1.165) is 12.2 Å². The minimum absolute atomic E-state index is 0.326. The molecule has 3 aromatic rings. The van der Waals surface area contributed by atoms with Crippen LogP contribution in [-0.2, 0) is 6.42 Å². The Hall–Kier alpha value is -2.02. The summed E-state index contributed by atoms with van der Waals surface area (Å²) in [6.07, 6.45) is 6.96. The van der Waals surface area contributed by atoms with Gasteiger partial charge < -0.3 is 5.32 Å². The zero-order valence-corrected chi connectivity index (χ0v) is 11.0. The lowest BCUT2D eigenvalue weighted by Crippen LogP contribution is -2.17. The molecule has 0 bridgehead atoms. The van der Waals surface area contributed by atoms with Gasteiger partial charge in [-0.15, -0.1) is 16.4 Å². The molecule has 4 rings (SSSR count). The molecule has 1 unspecified atom stereocenters. The first-order valence-corrected chi connectivity index (χ1v) is 7.15. The molecule has 6 nitrogen and oxygen atoms in total. The Labute approximate surface area is 113 Å². The van der Waals surface area contributed by atoms with E-state index >= 15 is 0 Å². The first kappa shape index (κ1) is 10.9. The molecule has 0 fully saturated rings. The number of aryl methyl sites for hydroxylation is 1. The maximum Gasteiger partial charge on any atom is 0.199 e. The van der Waals surface area contributed by atoms with Gasteiger partial charge in [0.1, 0.15) is 0 Å². The molecule has 19 heavy (non-hydrogen) atoms. The van der Waals surface area contributed by atoms with Crippen LogP contribution in [0.1, 0.15) is 29.3 Å². The number of rotatable bonds is 2. The first-order chi connectivity index (χ1) is 9.42. The van der Waals surface area contributed by atoms with E-state index in [4.69, 9.17) is 0 Å². The van der Waals surface area contributed by atoms with Gasteiger partial charge in [0.25, 0.3) is 0 Å². The predicted octanol–water partition coefficient (Wildman–Crippen LogP) is 2.07. The van der Waals surface area contributed by atoms with Gasteiger partial charge in [-0.3, -0.25) is 4.98 Å². The average molecular weight is 272 g/mol. The molecule has 7 heteroatoms. The number of thiophene rings is 1. The van der Waals surface area contributed by atoms with E-state index in [2.05, 4.69) is 37.3 Å². The topological polar surface area (TPSA) is 68.0 Å². The third kappa shape index (κ3) is 1.77. The Morgan fingerprint density at radius 3 is 3.37 bits per heavy atom. The minimum atomic E-state index is 0.326. The van der Waals surface area contributed by atoms with Gasteiger partial charge in [-0.05, 0) is 46.7 Å². The fourth-order valence-electron chi connectivity index (χ4n) is 2.59. The molecule has 0 saturated carbocycles. The lowest BCUT2D eigenvalue weighted by Gasteiger charge is -2.24. The smallest absolute Gasteiger partial charge is 0.199 e. The van der Waals surface area contributed by atoms with Crippen molar-refractivity contribution < 1.29 is 0 Å². The Balaban J connectivity index is 1.71. The molecule has 0 aromatic carbocycles. The van der Waals surface area contributed by atoms with Crippen LogP contribution in [0, 0.1) is 0 Å².